The molecule has 2 fully saturated rings. The average molecular weight is 278 g/mol. The van der Waals surface area contributed by atoms with E-state index in [1.807, 2.05) is 0 Å². The molecule has 1 aromatic rings. The quantitative estimate of drug-likeness (QED) is 0.912. The highest BCUT2D eigenvalue weighted by atomic mass is 16.5. The molecule has 20 heavy (non-hydrogen) atoms. The topological polar surface area (TPSA) is 83.6 Å². The molecule has 6 heteroatoms. The van der Waals surface area contributed by atoms with E-state index in [4.69, 9.17) is 4.52 Å². The second-order valence-corrected chi connectivity index (χ2v) is 6.08. The van der Waals surface area contributed by atoms with Gasteiger partial charge < -0.3 is 14.5 Å². The molecule has 1 aliphatic carbocycles. The van der Waals surface area contributed by atoms with Crippen molar-refractivity contribution in [3.8, 4) is 0 Å². The third-order valence-electron chi connectivity index (χ3n) is 4.29. The molecular formula is C14H18N2O4. The van der Waals surface area contributed by atoms with Crippen LogP contribution in [0.4, 0.5) is 0 Å². The van der Waals surface area contributed by atoms with Gasteiger partial charge in [0.2, 0.25) is 0 Å². The highest BCUT2D eigenvalue weighted by molar-refractivity contribution is 5.95. The van der Waals surface area contributed by atoms with Crippen LogP contribution in [-0.4, -0.2) is 40.1 Å². The summed E-state index contributed by atoms with van der Waals surface area (Å²) in [5.74, 6) is -0.661. The molecule has 2 aliphatic rings. The van der Waals surface area contributed by atoms with Gasteiger partial charge in [0.25, 0.3) is 5.91 Å². The summed E-state index contributed by atoms with van der Waals surface area (Å²) in [6, 6.07) is 0. The molecular weight excluding hydrogens is 260 g/mol. The predicted molar refractivity (Wildman–Crippen MR) is 69.4 cm³/mol. The molecule has 1 aliphatic heterocycles. The Hall–Kier alpha value is -1.85. The second-order valence-electron chi connectivity index (χ2n) is 6.08. The summed E-state index contributed by atoms with van der Waals surface area (Å²) in [6.45, 7) is 2.54. The molecule has 1 saturated carbocycles. The Morgan fingerprint density at radius 2 is 2.25 bits per heavy atom. The number of aliphatic carboxylic acids is 1. The number of nitrogens with zero attached hydrogens (tertiary/aromatic N) is 2. The number of carboxylic acid groups (broad SMARTS) is 1. The number of hydrogen-bond acceptors (Lipinski definition) is 4. The predicted octanol–water partition coefficient (Wildman–Crippen LogP) is 1.88. The summed E-state index contributed by atoms with van der Waals surface area (Å²) in [6.07, 6.45) is 4.78. The van der Waals surface area contributed by atoms with E-state index in [2.05, 4.69) is 5.16 Å². The normalized spacial score (nSPS) is 26.6. The molecule has 1 unspecified atom stereocenters. The van der Waals surface area contributed by atoms with E-state index < -0.39 is 11.4 Å². The minimum absolute atomic E-state index is 0.152. The van der Waals surface area contributed by atoms with Crippen molar-refractivity contribution >= 4 is 11.9 Å². The molecule has 6 nitrogen and oxygen atoms in total. The summed E-state index contributed by atoms with van der Waals surface area (Å²) in [5.41, 5.74) is 0.380. The van der Waals surface area contributed by atoms with Crippen LogP contribution in [0.25, 0.3) is 0 Å². The summed E-state index contributed by atoms with van der Waals surface area (Å²) in [4.78, 5) is 25.5. The minimum atomic E-state index is -0.856. The molecule has 1 amide bonds. The van der Waals surface area contributed by atoms with Gasteiger partial charge in [0.1, 0.15) is 11.8 Å². The van der Waals surface area contributed by atoms with Crippen LogP contribution in [-0.2, 0) is 4.79 Å². The van der Waals surface area contributed by atoms with Crippen molar-refractivity contribution in [1.82, 2.24) is 10.1 Å². The van der Waals surface area contributed by atoms with Crippen LogP contribution in [0.3, 0.4) is 0 Å². The van der Waals surface area contributed by atoms with Crippen molar-refractivity contribution in [2.45, 2.75) is 38.5 Å². The van der Waals surface area contributed by atoms with Crippen molar-refractivity contribution in [2.24, 2.45) is 5.41 Å². The Labute approximate surface area is 116 Å². The van der Waals surface area contributed by atoms with Crippen molar-refractivity contribution in [3.63, 3.8) is 0 Å². The second kappa shape index (κ2) is 4.61. The maximum atomic E-state index is 12.6. The molecule has 108 valence electrons. The molecule has 0 spiro atoms. The fourth-order valence-corrected chi connectivity index (χ4v) is 2.81. The molecule has 0 radical (unpaired) electrons. The monoisotopic (exact) mass is 278 g/mol. The Kier molecular flexibility index (Phi) is 3.03. The van der Waals surface area contributed by atoms with E-state index >= 15 is 0 Å². The molecule has 1 atom stereocenters. The van der Waals surface area contributed by atoms with Gasteiger partial charge in [-0.3, -0.25) is 9.59 Å². The van der Waals surface area contributed by atoms with Gasteiger partial charge >= 0.3 is 5.97 Å². The Morgan fingerprint density at radius 3 is 2.90 bits per heavy atom. The van der Waals surface area contributed by atoms with E-state index in [9.17, 15) is 14.7 Å². The molecule has 1 N–H and O–H groups in total. The molecule has 1 saturated heterocycles. The zero-order chi connectivity index (χ0) is 14.3. The highest BCUT2D eigenvalue weighted by Gasteiger charge is 2.41. The van der Waals surface area contributed by atoms with E-state index in [0.717, 1.165) is 18.5 Å². The maximum absolute atomic E-state index is 12.6. The third-order valence-corrected chi connectivity index (χ3v) is 4.29. The van der Waals surface area contributed by atoms with Crippen molar-refractivity contribution in [2.75, 3.05) is 13.1 Å². The first-order chi connectivity index (χ1) is 9.51. The lowest BCUT2D eigenvalue weighted by molar-refractivity contribution is -0.150. The molecule has 2 heterocycles. The molecule has 0 bridgehead atoms. The number of likely N-dealkylation sites (tertiary alicyclic amines) is 1. The Bertz CT molecular complexity index is 549. The number of amides is 1. The fourth-order valence-electron chi connectivity index (χ4n) is 2.81. The van der Waals surface area contributed by atoms with Gasteiger partial charge in [0, 0.05) is 19.0 Å². The van der Waals surface area contributed by atoms with E-state index in [1.54, 1.807) is 11.8 Å². The maximum Gasteiger partial charge on any atom is 0.311 e. The summed E-state index contributed by atoms with van der Waals surface area (Å²) in [5, 5.41) is 13.2. The lowest BCUT2D eigenvalue weighted by atomic mass is 9.82. The van der Waals surface area contributed by atoms with Gasteiger partial charge in [-0.05, 0) is 32.6 Å². The van der Waals surface area contributed by atoms with Gasteiger partial charge in [0.05, 0.1) is 11.1 Å². The fraction of sp³-hybridized carbons (Fsp3) is 0.643. The zero-order valence-electron chi connectivity index (χ0n) is 11.5. The van der Waals surface area contributed by atoms with E-state index in [-0.39, 0.29) is 12.5 Å². The van der Waals surface area contributed by atoms with Crippen LogP contribution in [0.1, 0.15) is 54.6 Å². The number of piperidine rings is 1. The van der Waals surface area contributed by atoms with Gasteiger partial charge in [-0.1, -0.05) is 5.16 Å². The van der Waals surface area contributed by atoms with Crippen molar-refractivity contribution < 1.29 is 19.2 Å². The van der Waals surface area contributed by atoms with Crippen LogP contribution >= 0.6 is 0 Å². The lowest BCUT2D eigenvalue weighted by Gasteiger charge is -2.37. The van der Waals surface area contributed by atoms with Crippen LogP contribution in [0.2, 0.25) is 0 Å². The average Bonchev–Trinajstić information content (AvgIpc) is 3.15. The summed E-state index contributed by atoms with van der Waals surface area (Å²) >= 11 is 0. The van der Waals surface area contributed by atoms with Crippen LogP contribution in [0.15, 0.2) is 10.8 Å². The minimum Gasteiger partial charge on any atom is -0.481 e. The highest BCUT2D eigenvalue weighted by Crippen LogP contribution is 2.41. The SMILES string of the molecule is CC1(C(=O)O)CCCN(C(=O)c2conc2C2CC2)C1. The lowest BCUT2D eigenvalue weighted by Crippen LogP contribution is -2.48. The zero-order valence-corrected chi connectivity index (χ0v) is 11.5. The largest absolute Gasteiger partial charge is 0.481 e. The molecule has 0 aromatic carbocycles. The summed E-state index contributed by atoms with van der Waals surface area (Å²) in [7, 11) is 0. The number of carboxylic acids is 1. The standard InChI is InChI=1S/C14H18N2O4/c1-14(13(18)19)5-2-6-16(8-14)12(17)10-7-20-15-11(10)9-3-4-9/h7,9H,2-6,8H2,1H3,(H,18,19). The number of hydrogen-bond donors (Lipinski definition) is 1. The van der Waals surface area contributed by atoms with E-state index in [1.165, 1.54) is 6.26 Å². The number of carbonyl (C=O) groups excluding carboxylic acids is 1. The number of carbonyl (C=O) groups is 2. The first-order valence-electron chi connectivity index (χ1n) is 6.98. The van der Waals surface area contributed by atoms with Crippen LogP contribution in [0, 0.1) is 5.41 Å². The van der Waals surface area contributed by atoms with Crippen molar-refractivity contribution in [3.05, 3.63) is 17.5 Å². The number of aromatic nitrogens is 1. The summed E-state index contributed by atoms with van der Waals surface area (Å²) < 4.78 is 4.94. The van der Waals surface area contributed by atoms with E-state index in [0.29, 0.717) is 30.9 Å². The van der Waals surface area contributed by atoms with Gasteiger partial charge in [-0.15, -0.1) is 0 Å². The first-order valence-corrected chi connectivity index (χ1v) is 6.98. The third kappa shape index (κ3) is 2.19. The van der Waals surface area contributed by atoms with Crippen molar-refractivity contribution in [1.29, 1.82) is 0 Å². The van der Waals surface area contributed by atoms with Gasteiger partial charge in [-0.25, -0.2) is 0 Å². The smallest absolute Gasteiger partial charge is 0.311 e. The molecule has 1 aromatic heterocycles. The van der Waals surface area contributed by atoms with Gasteiger partial charge in [0.15, 0.2) is 0 Å². The Balaban J connectivity index is 1.80. The van der Waals surface area contributed by atoms with Gasteiger partial charge in [-0.2, -0.15) is 0 Å². The molecule has 3 rings (SSSR count). The number of rotatable bonds is 3. The first kappa shape index (κ1) is 13.1. The van der Waals surface area contributed by atoms with Crippen LogP contribution in [0.5, 0.6) is 0 Å². The van der Waals surface area contributed by atoms with Crippen LogP contribution < -0.4 is 0 Å². The Morgan fingerprint density at radius 1 is 1.50 bits per heavy atom.